The lowest BCUT2D eigenvalue weighted by atomic mass is 10.1. The summed E-state index contributed by atoms with van der Waals surface area (Å²) in [6.07, 6.45) is 0. The minimum absolute atomic E-state index is 0.481. The van der Waals surface area contributed by atoms with Gasteiger partial charge in [-0.3, -0.25) is 0 Å². The maximum absolute atomic E-state index is 6.23. The highest BCUT2D eigenvalue weighted by Crippen LogP contribution is 2.29. The van der Waals surface area contributed by atoms with E-state index in [2.05, 4.69) is 16.4 Å². The number of anilines is 1. The van der Waals surface area contributed by atoms with E-state index >= 15 is 0 Å². The zero-order chi connectivity index (χ0) is 12.4. The predicted molar refractivity (Wildman–Crippen MR) is 71.7 cm³/mol. The van der Waals surface area contributed by atoms with Crippen molar-refractivity contribution < 1.29 is 4.74 Å². The highest BCUT2D eigenvalue weighted by atomic mass is 35.5. The molecule has 0 bridgehead atoms. The van der Waals surface area contributed by atoms with Crippen LogP contribution in [0.25, 0.3) is 10.9 Å². The Hall–Kier alpha value is -1.32. The summed E-state index contributed by atoms with van der Waals surface area (Å²) in [5.41, 5.74) is 3.83. The molecule has 2 rings (SSSR count). The summed E-state index contributed by atoms with van der Waals surface area (Å²) in [4.78, 5) is 4.52. The van der Waals surface area contributed by atoms with Crippen molar-refractivity contribution in [1.29, 1.82) is 0 Å². The molecule has 0 saturated heterocycles. The number of fused-ring (bicyclic) bond motifs is 1. The first-order valence-electron chi connectivity index (χ1n) is 5.42. The molecule has 3 nitrogen and oxygen atoms in total. The number of methoxy groups -OCH3 is 1. The van der Waals surface area contributed by atoms with Crippen LogP contribution in [0.4, 0.5) is 5.69 Å². The van der Waals surface area contributed by atoms with Crippen molar-refractivity contribution in [3.63, 3.8) is 0 Å². The normalized spacial score (nSPS) is 10.8. The van der Waals surface area contributed by atoms with Gasteiger partial charge in [0, 0.05) is 25.2 Å². The summed E-state index contributed by atoms with van der Waals surface area (Å²) in [5.74, 6) is 0. The van der Waals surface area contributed by atoms with Gasteiger partial charge in [0.15, 0.2) is 0 Å². The van der Waals surface area contributed by atoms with Gasteiger partial charge in [0.05, 0.1) is 22.8 Å². The third-order valence-electron chi connectivity index (χ3n) is 2.63. The Morgan fingerprint density at radius 1 is 1.35 bits per heavy atom. The number of benzene rings is 1. The van der Waals surface area contributed by atoms with Crippen molar-refractivity contribution in [3.05, 3.63) is 34.5 Å². The summed E-state index contributed by atoms with van der Waals surface area (Å²) in [6.45, 7) is 2.50. The molecule has 0 aliphatic carbocycles. The Labute approximate surface area is 106 Å². The van der Waals surface area contributed by atoms with Gasteiger partial charge in [0.2, 0.25) is 0 Å². The predicted octanol–water partition coefficient (Wildman–Crippen LogP) is 3.38. The molecule has 0 amide bonds. The van der Waals surface area contributed by atoms with Gasteiger partial charge >= 0.3 is 0 Å². The van der Waals surface area contributed by atoms with Crippen LogP contribution in [0.15, 0.2) is 18.2 Å². The van der Waals surface area contributed by atoms with E-state index in [4.69, 9.17) is 16.3 Å². The fourth-order valence-corrected chi connectivity index (χ4v) is 2.22. The van der Waals surface area contributed by atoms with Crippen LogP contribution in [0.5, 0.6) is 0 Å². The van der Waals surface area contributed by atoms with Gasteiger partial charge in [-0.15, -0.1) is 0 Å². The average Bonchev–Trinajstić information content (AvgIpc) is 2.29. The lowest BCUT2D eigenvalue weighted by Crippen LogP contribution is -1.98. The molecule has 1 heterocycles. The van der Waals surface area contributed by atoms with Gasteiger partial charge in [-0.1, -0.05) is 11.6 Å². The van der Waals surface area contributed by atoms with Crippen LogP contribution in [0.2, 0.25) is 5.02 Å². The number of nitrogens with zero attached hydrogens (tertiary/aromatic N) is 1. The standard InChI is InChI=1S/C13H15ClN2O/c1-8-4-10-12(15-2)6-9(7-17-3)16-13(10)11(14)5-8/h4-6H,7H2,1-3H3,(H,15,16). The van der Waals surface area contributed by atoms with E-state index in [1.54, 1.807) is 7.11 Å². The lowest BCUT2D eigenvalue weighted by molar-refractivity contribution is 0.182. The molecule has 1 aromatic heterocycles. The molecule has 0 fully saturated rings. The van der Waals surface area contributed by atoms with Gasteiger partial charge < -0.3 is 10.1 Å². The molecule has 0 unspecified atom stereocenters. The Morgan fingerprint density at radius 3 is 2.76 bits per heavy atom. The zero-order valence-electron chi connectivity index (χ0n) is 10.2. The number of hydrogen-bond donors (Lipinski definition) is 1. The van der Waals surface area contributed by atoms with Gasteiger partial charge in [-0.05, 0) is 30.7 Å². The number of aryl methyl sites for hydroxylation is 1. The number of ether oxygens (including phenoxy) is 1. The van der Waals surface area contributed by atoms with E-state index in [0.717, 1.165) is 27.8 Å². The van der Waals surface area contributed by atoms with E-state index < -0.39 is 0 Å². The molecule has 0 atom stereocenters. The number of hydrogen-bond acceptors (Lipinski definition) is 3. The third kappa shape index (κ3) is 2.35. The molecule has 4 heteroatoms. The number of aromatic nitrogens is 1. The molecule has 0 aliphatic heterocycles. The second-order valence-electron chi connectivity index (χ2n) is 3.99. The number of rotatable bonds is 3. The van der Waals surface area contributed by atoms with Gasteiger partial charge in [0.25, 0.3) is 0 Å². The number of halogens is 1. The van der Waals surface area contributed by atoms with Crippen molar-refractivity contribution in [1.82, 2.24) is 4.98 Å². The van der Waals surface area contributed by atoms with E-state index in [0.29, 0.717) is 11.6 Å². The molecule has 0 aliphatic rings. The summed E-state index contributed by atoms with van der Waals surface area (Å²) in [6, 6.07) is 5.99. The second-order valence-corrected chi connectivity index (χ2v) is 4.39. The number of pyridine rings is 1. The fraction of sp³-hybridized carbons (Fsp3) is 0.308. The monoisotopic (exact) mass is 250 g/mol. The molecule has 0 spiro atoms. The number of nitrogens with one attached hydrogen (secondary N) is 1. The summed E-state index contributed by atoms with van der Waals surface area (Å²) < 4.78 is 5.11. The van der Waals surface area contributed by atoms with E-state index in [1.807, 2.05) is 26.1 Å². The molecule has 0 saturated carbocycles. The SMILES string of the molecule is CNc1cc(COC)nc2c(Cl)cc(C)cc12. The van der Waals surface area contributed by atoms with E-state index in [-0.39, 0.29) is 0 Å². The second kappa shape index (κ2) is 4.90. The van der Waals surface area contributed by atoms with Crippen molar-refractivity contribution >= 4 is 28.2 Å². The van der Waals surface area contributed by atoms with Crippen molar-refractivity contribution in [2.24, 2.45) is 0 Å². The molecule has 1 N–H and O–H groups in total. The van der Waals surface area contributed by atoms with Gasteiger partial charge in [0.1, 0.15) is 0 Å². The minimum atomic E-state index is 0.481. The van der Waals surface area contributed by atoms with E-state index in [1.165, 1.54) is 0 Å². The zero-order valence-corrected chi connectivity index (χ0v) is 10.9. The Balaban J connectivity index is 2.73. The third-order valence-corrected chi connectivity index (χ3v) is 2.91. The Kier molecular flexibility index (Phi) is 3.50. The quantitative estimate of drug-likeness (QED) is 0.907. The van der Waals surface area contributed by atoms with Crippen molar-refractivity contribution in [3.8, 4) is 0 Å². The molecule has 90 valence electrons. The summed E-state index contributed by atoms with van der Waals surface area (Å²) >= 11 is 6.23. The summed E-state index contributed by atoms with van der Waals surface area (Å²) in [7, 11) is 3.54. The van der Waals surface area contributed by atoms with Gasteiger partial charge in [-0.25, -0.2) is 4.98 Å². The Bertz CT molecular complexity index is 555. The van der Waals surface area contributed by atoms with Crippen LogP contribution in [0.1, 0.15) is 11.3 Å². The molecule has 0 radical (unpaired) electrons. The van der Waals surface area contributed by atoms with Crippen LogP contribution in [0.3, 0.4) is 0 Å². The highest BCUT2D eigenvalue weighted by Gasteiger charge is 2.08. The lowest BCUT2D eigenvalue weighted by Gasteiger charge is -2.10. The first-order valence-corrected chi connectivity index (χ1v) is 5.80. The van der Waals surface area contributed by atoms with Crippen LogP contribution in [-0.2, 0) is 11.3 Å². The fourth-order valence-electron chi connectivity index (χ4n) is 1.90. The first kappa shape index (κ1) is 12.1. The van der Waals surface area contributed by atoms with E-state index in [9.17, 15) is 0 Å². The molecular formula is C13H15ClN2O. The molecule has 2 aromatic rings. The molecule has 17 heavy (non-hydrogen) atoms. The van der Waals surface area contributed by atoms with Crippen LogP contribution in [-0.4, -0.2) is 19.1 Å². The smallest absolute Gasteiger partial charge is 0.0913 e. The first-order chi connectivity index (χ1) is 8.15. The highest BCUT2D eigenvalue weighted by molar-refractivity contribution is 6.35. The maximum atomic E-state index is 6.23. The largest absolute Gasteiger partial charge is 0.388 e. The Morgan fingerprint density at radius 2 is 2.12 bits per heavy atom. The van der Waals surface area contributed by atoms with Crippen LogP contribution >= 0.6 is 11.6 Å². The minimum Gasteiger partial charge on any atom is -0.388 e. The van der Waals surface area contributed by atoms with Crippen molar-refractivity contribution in [2.75, 3.05) is 19.5 Å². The van der Waals surface area contributed by atoms with Crippen LogP contribution < -0.4 is 5.32 Å². The molecule has 1 aromatic carbocycles. The topological polar surface area (TPSA) is 34.1 Å². The average molecular weight is 251 g/mol. The van der Waals surface area contributed by atoms with Crippen LogP contribution in [0, 0.1) is 6.92 Å². The molecular weight excluding hydrogens is 236 g/mol. The summed E-state index contributed by atoms with van der Waals surface area (Å²) in [5, 5.41) is 4.88. The van der Waals surface area contributed by atoms with Crippen molar-refractivity contribution in [2.45, 2.75) is 13.5 Å². The van der Waals surface area contributed by atoms with Gasteiger partial charge in [-0.2, -0.15) is 0 Å². The maximum Gasteiger partial charge on any atom is 0.0913 e.